The maximum Gasteiger partial charge on any atom is 0.337 e. The lowest BCUT2D eigenvalue weighted by Gasteiger charge is -2.20. The van der Waals surface area contributed by atoms with Crippen molar-refractivity contribution < 1.29 is 23.8 Å². The van der Waals surface area contributed by atoms with Gasteiger partial charge in [-0.15, -0.1) is 0 Å². The Balaban J connectivity index is 1.82. The number of anilines is 1. The average Bonchev–Trinajstić information content (AvgIpc) is 3.21. The number of nitrogens with zero attached hydrogens (tertiary/aromatic N) is 3. The second-order valence-corrected chi connectivity index (χ2v) is 8.75. The number of carbonyl (C=O) groups is 2. The number of likely N-dealkylation sites (N-methyl/N-ethyl adjacent to an activating group) is 2. The Hall–Kier alpha value is -4.50. The van der Waals surface area contributed by atoms with E-state index in [4.69, 9.17) is 9.73 Å². The van der Waals surface area contributed by atoms with Crippen molar-refractivity contribution in [2.45, 2.75) is 0 Å². The topological polar surface area (TPSA) is 98.2 Å². The quantitative estimate of drug-likeness (QED) is 0.287. The summed E-state index contributed by atoms with van der Waals surface area (Å²) in [6, 6.07) is 18.4. The Kier molecular flexibility index (Phi) is 7.35. The lowest BCUT2D eigenvalue weighted by Crippen LogP contribution is -2.35. The van der Waals surface area contributed by atoms with Crippen LogP contribution in [0.3, 0.4) is 0 Å². The molecule has 0 aliphatic rings. The van der Waals surface area contributed by atoms with Crippen molar-refractivity contribution in [1.29, 1.82) is 0 Å². The predicted molar refractivity (Wildman–Crippen MR) is 141 cm³/mol. The van der Waals surface area contributed by atoms with Crippen molar-refractivity contribution >= 4 is 39.9 Å². The van der Waals surface area contributed by atoms with Crippen molar-refractivity contribution in [2.24, 2.45) is 4.99 Å². The number of hydrogen-bond acceptors (Lipinski definition) is 6. The Morgan fingerprint density at radius 2 is 1.73 bits per heavy atom. The predicted octanol–water partition coefficient (Wildman–Crippen LogP) is 4.49. The lowest BCUT2D eigenvalue weighted by atomic mass is 10.00. The van der Waals surface area contributed by atoms with Crippen molar-refractivity contribution in [3.63, 3.8) is 0 Å². The number of H-pyrrole nitrogens is 1. The molecule has 37 heavy (non-hydrogen) atoms. The minimum absolute atomic E-state index is 0.136. The first-order valence-corrected chi connectivity index (χ1v) is 11.5. The van der Waals surface area contributed by atoms with Gasteiger partial charge in [-0.2, -0.15) is 0 Å². The molecule has 0 unspecified atom stereocenters. The lowest BCUT2D eigenvalue weighted by molar-refractivity contribution is -0.118. The zero-order valence-corrected chi connectivity index (χ0v) is 20.9. The molecule has 1 heterocycles. The number of ether oxygens (including phenoxy) is 1. The zero-order chi connectivity index (χ0) is 26.7. The van der Waals surface area contributed by atoms with Gasteiger partial charge in [-0.3, -0.25) is 4.79 Å². The molecule has 0 spiro atoms. The number of nitrogens with one attached hydrogen (secondary N) is 1. The van der Waals surface area contributed by atoms with Gasteiger partial charge in [0.25, 0.3) is 0 Å². The van der Waals surface area contributed by atoms with Gasteiger partial charge in [0.15, 0.2) is 5.88 Å². The van der Waals surface area contributed by atoms with Crippen molar-refractivity contribution in [1.82, 2.24) is 9.88 Å². The summed E-state index contributed by atoms with van der Waals surface area (Å²) in [5, 5.41) is 11.5. The second-order valence-electron chi connectivity index (χ2n) is 8.75. The molecular weight excluding hydrogens is 475 g/mol. The summed E-state index contributed by atoms with van der Waals surface area (Å²) >= 11 is 0. The van der Waals surface area contributed by atoms with Crippen LogP contribution >= 0.6 is 0 Å². The average molecular weight is 503 g/mol. The molecule has 4 rings (SSSR count). The van der Waals surface area contributed by atoms with E-state index in [1.165, 1.54) is 31.2 Å². The normalized spacial score (nSPS) is 11.7. The number of halogens is 1. The molecule has 8 nitrogen and oxygen atoms in total. The largest absolute Gasteiger partial charge is 0.494 e. The maximum atomic E-state index is 15.1. The molecule has 0 saturated heterocycles. The number of methoxy groups -OCH3 is 1. The third kappa shape index (κ3) is 5.36. The van der Waals surface area contributed by atoms with Crippen molar-refractivity contribution in [3.05, 3.63) is 89.2 Å². The summed E-state index contributed by atoms with van der Waals surface area (Å²) in [5.74, 6) is -1.50. The summed E-state index contributed by atoms with van der Waals surface area (Å²) in [6.07, 6.45) is 0. The molecule has 0 aliphatic carbocycles. The summed E-state index contributed by atoms with van der Waals surface area (Å²) in [6.45, 7) is 0.144. The smallest absolute Gasteiger partial charge is 0.337 e. The van der Waals surface area contributed by atoms with E-state index in [2.05, 4.69) is 4.98 Å². The molecule has 0 saturated carbocycles. The van der Waals surface area contributed by atoms with Gasteiger partial charge in [0.2, 0.25) is 5.91 Å². The summed E-state index contributed by atoms with van der Waals surface area (Å²) in [5.41, 5.74) is 2.78. The molecule has 3 aromatic carbocycles. The Morgan fingerprint density at radius 3 is 2.38 bits per heavy atom. The third-order valence-electron chi connectivity index (χ3n) is 5.84. The fraction of sp³-hybridized carbons (Fsp3) is 0.179. The minimum atomic E-state index is -0.603. The van der Waals surface area contributed by atoms with Gasteiger partial charge in [0.05, 0.1) is 41.9 Å². The molecule has 0 radical (unpaired) electrons. The van der Waals surface area contributed by atoms with Crippen molar-refractivity contribution in [3.8, 4) is 5.88 Å². The van der Waals surface area contributed by atoms with E-state index in [0.29, 0.717) is 39.0 Å². The van der Waals surface area contributed by atoms with Crippen LogP contribution in [0.5, 0.6) is 5.88 Å². The molecule has 1 amide bonds. The van der Waals surface area contributed by atoms with Crippen LogP contribution in [-0.2, 0) is 9.53 Å². The molecular formula is C28H27FN4O4. The number of aromatic amines is 1. The highest BCUT2D eigenvalue weighted by Gasteiger charge is 2.21. The molecule has 0 atom stereocenters. The summed E-state index contributed by atoms with van der Waals surface area (Å²) in [4.78, 5) is 34.9. The molecule has 2 N–H and O–H groups in total. The minimum Gasteiger partial charge on any atom is -0.494 e. The van der Waals surface area contributed by atoms with Gasteiger partial charge in [0.1, 0.15) is 5.82 Å². The van der Waals surface area contributed by atoms with Crippen LogP contribution in [0.4, 0.5) is 15.8 Å². The van der Waals surface area contributed by atoms with E-state index in [1.807, 2.05) is 30.3 Å². The Morgan fingerprint density at radius 1 is 1.00 bits per heavy atom. The van der Waals surface area contributed by atoms with Gasteiger partial charge in [-0.25, -0.2) is 14.2 Å². The molecule has 190 valence electrons. The van der Waals surface area contributed by atoms with Gasteiger partial charge < -0.3 is 24.6 Å². The monoisotopic (exact) mass is 502 g/mol. The number of hydrogen-bond donors (Lipinski definition) is 2. The first-order chi connectivity index (χ1) is 17.7. The number of amides is 1. The molecule has 4 aromatic rings. The van der Waals surface area contributed by atoms with E-state index in [1.54, 1.807) is 43.3 Å². The highest BCUT2D eigenvalue weighted by Crippen LogP contribution is 2.33. The number of carbonyl (C=O) groups excluding carboxylic acids is 2. The Bertz CT molecular complexity index is 1500. The van der Waals surface area contributed by atoms with Crippen molar-refractivity contribution in [2.75, 3.05) is 39.7 Å². The highest BCUT2D eigenvalue weighted by molar-refractivity contribution is 6.22. The number of aliphatic imine (C=N–C) groups is 1. The molecule has 0 aliphatic heterocycles. The maximum absolute atomic E-state index is 15.1. The number of benzene rings is 3. The van der Waals surface area contributed by atoms with Crippen LogP contribution in [0, 0.1) is 5.82 Å². The molecule has 0 bridgehead atoms. The number of aromatic hydroxyl groups is 1. The molecule has 1 aromatic heterocycles. The highest BCUT2D eigenvalue weighted by atomic mass is 19.1. The van der Waals surface area contributed by atoms with Crippen LogP contribution in [0.25, 0.3) is 10.9 Å². The molecule has 0 fully saturated rings. The van der Waals surface area contributed by atoms with Gasteiger partial charge in [-0.05, 0) is 38.4 Å². The first kappa shape index (κ1) is 25.6. The van der Waals surface area contributed by atoms with Gasteiger partial charge >= 0.3 is 5.97 Å². The van der Waals surface area contributed by atoms with E-state index in [9.17, 15) is 14.7 Å². The van der Waals surface area contributed by atoms with Crippen LogP contribution in [-0.4, -0.2) is 67.4 Å². The third-order valence-corrected chi connectivity index (χ3v) is 5.84. The number of fused-ring (bicyclic) bond motifs is 1. The number of rotatable bonds is 7. The summed E-state index contributed by atoms with van der Waals surface area (Å²) < 4.78 is 19.9. The fourth-order valence-electron chi connectivity index (χ4n) is 4.01. The van der Waals surface area contributed by atoms with Crippen LogP contribution in [0.15, 0.2) is 71.7 Å². The SMILES string of the molecule is COC(=O)c1ccc2c(C(=Nc3ccc(N(C)C(=O)CN(C)C)c(F)c3)c3ccccc3)c(O)[nH]c2c1. The van der Waals surface area contributed by atoms with E-state index in [-0.39, 0.29) is 24.0 Å². The van der Waals surface area contributed by atoms with Crippen LogP contribution in [0.1, 0.15) is 21.5 Å². The number of esters is 1. The van der Waals surface area contributed by atoms with E-state index < -0.39 is 11.8 Å². The second kappa shape index (κ2) is 10.6. The van der Waals surface area contributed by atoms with Gasteiger partial charge in [-0.1, -0.05) is 36.4 Å². The molecule has 9 heteroatoms. The standard InChI is InChI=1S/C28H27FN4O4/c1-32(2)16-24(34)33(3)23-13-11-19(15-21(23)29)30-26(17-8-6-5-7-9-17)25-20-12-10-18(28(36)37-4)14-22(20)31-27(25)35/h5-15,31,35H,16H2,1-4H3. The van der Waals surface area contributed by atoms with Crippen LogP contribution in [0.2, 0.25) is 0 Å². The summed E-state index contributed by atoms with van der Waals surface area (Å²) in [7, 11) is 6.35. The van der Waals surface area contributed by atoms with Gasteiger partial charge in [0, 0.05) is 29.6 Å². The number of aromatic nitrogens is 1. The zero-order valence-electron chi connectivity index (χ0n) is 20.9. The van der Waals surface area contributed by atoms with E-state index >= 15 is 4.39 Å². The Labute approximate surface area is 213 Å². The van der Waals surface area contributed by atoms with Crippen LogP contribution < -0.4 is 4.90 Å². The fourth-order valence-corrected chi connectivity index (χ4v) is 4.01. The first-order valence-electron chi connectivity index (χ1n) is 11.5. The van der Waals surface area contributed by atoms with E-state index in [0.717, 1.165) is 0 Å².